The van der Waals surface area contributed by atoms with E-state index in [9.17, 15) is 26.7 Å². The summed E-state index contributed by atoms with van der Waals surface area (Å²) in [6.07, 6.45) is -7.23. The van der Waals surface area contributed by atoms with Crippen LogP contribution in [0.5, 0.6) is 5.75 Å². The molecule has 2 aliphatic heterocycles. The molecule has 4 rings (SSSR count). The number of nitrogens with zero attached hydrogens (tertiary/aromatic N) is 3. The fourth-order valence-electron chi connectivity index (χ4n) is 4.50. The van der Waals surface area contributed by atoms with Gasteiger partial charge in [0.2, 0.25) is 6.10 Å². The van der Waals surface area contributed by atoms with E-state index in [2.05, 4.69) is 5.10 Å². The summed E-state index contributed by atoms with van der Waals surface area (Å²) in [6, 6.07) is 6.42. The number of methoxy groups -OCH3 is 1. The Balaban J connectivity index is 1.26. The lowest BCUT2D eigenvalue weighted by Crippen LogP contribution is -2.49. The first-order chi connectivity index (χ1) is 17.6. The Morgan fingerprint density at radius 1 is 1.22 bits per heavy atom. The summed E-state index contributed by atoms with van der Waals surface area (Å²) >= 11 is 0. The molecule has 0 radical (unpaired) electrons. The van der Waals surface area contributed by atoms with Gasteiger partial charge in [0.1, 0.15) is 5.75 Å². The molecule has 2 saturated heterocycles. The van der Waals surface area contributed by atoms with Gasteiger partial charge >= 0.3 is 12.3 Å². The minimum Gasteiger partial charge on any atom is -0.497 e. The second-order valence-corrected chi connectivity index (χ2v) is 9.17. The third kappa shape index (κ3) is 6.69. The standard InChI is InChI=1S/C24H28F5N3O5/c1-34-19-4-2-16(3-5-19)13-35-15-20(24(27,28)29)37-22(33)31-8-6-23(7-9-31)10-18(14-36-23)32-12-17(11-30-32)21(25)26/h2-5,11-12,18,20-21H,6-10,13-15H2,1H3. The summed E-state index contributed by atoms with van der Waals surface area (Å²) in [7, 11) is 1.50. The maximum Gasteiger partial charge on any atom is 0.427 e. The van der Waals surface area contributed by atoms with Crippen molar-refractivity contribution in [3.05, 3.63) is 47.8 Å². The highest BCUT2D eigenvalue weighted by atomic mass is 19.4. The second-order valence-electron chi connectivity index (χ2n) is 9.17. The Hall–Kier alpha value is -2.93. The van der Waals surface area contributed by atoms with Crippen molar-refractivity contribution in [2.75, 3.05) is 33.4 Å². The third-order valence-electron chi connectivity index (χ3n) is 6.68. The zero-order valence-corrected chi connectivity index (χ0v) is 20.1. The number of carbonyl (C=O) groups excluding carboxylic acids is 1. The molecule has 204 valence electrons. The molecule has 0 aliphatic carbocycles. The average Bonchev–Trinajstić information content (AvgIpc) is 3.52. The minimum absolute atomic E-state index is 0.0894. The van der Waals surface area contributed by atoms with Crippen LogP contribution in [0.25, 0.3) is 0 Å². The van der Waals surface area contributed by atoms with E-state index in [1.54, 1.807) is 24.3 Å². The van der Waals surface area contributed by atoms with Gasteiger partial charge in [-0.25, -0.2) is 13.6 Å². The van der Waals surface area contributed by atoms with Gasteiger partial charge in [0.25, 0.3) is 6.43 Å². The van der Waals surface area contributed by atoms with E-state index in [1.807, 2.05) is 0 Å². The SMILES string of the molecule is COc1ccc(COCC(OC(=O)N2CCC3(CC2)CC(n2cc(C(F)F)cn2)CO3)C(F)(F)F)cc1. The molecule has 0 N–H and O–H groups in total. The summed E-state index contributed by atoms with van der Waals surface area (Å²) in [5.41, 5.74) is -0.126. The van der Waals surface area contributed by atoms with Gasteiger partial charge in [0.15, 0.2) is 0 Å². The monoisotopic (exact) mass is 533 g/mol. The van der Waals surface area contributed by atoms with Crippen LogP contribution in [0, 0.1) is 0 Å². The first-order valence-corrected chi connectivity index (χ1v) is 11.8. The quantitative estimate of drug-likeness (QED) is 0.449. The van der Waals surface area contributed by atoms with Crippen molar-refractivity contribution in [3.63, 3.8) is 0 Å². The van der Waals surface area contributed by atoms with Crippen LogP contribution in [0.4, 0.5) is 26.7 Å². The van der Waals surface area contributed by atoms with Crippen LogP contribution in [0.2, 0.25) is 0 Å². The molecule has 3 heterocycles. The fraction of sp³-hybridized carbons (Fsp3) is 0.583. The van der Waals surface area contributed by atoms with Crippen LogP contribution in [-0.2, 0) is 20.8 Å². The van der Waals surface area contributed by atoms with Crippen LogP contribution >= 0.6 is 0 Å². The highest BCUT2D eigenvalue weighted by Gasteiger charge is 2.47. The molecule has 0 saturated carbocycles. The fourth-order valence-corrected chi connectivity index (χ4v) is 4.50. The molecule has 2 fully saturated rings. The number of piperidine rings is 1. The highest BCUT2D eigenvalue weighted by molar-refractivity contribution is 5.68. The second kappa shape index (κ2) is 11.2. The van der Waals surface area contributed by atoms with E-state index in [-0.39, 0.29) is 37.9 Å². The first kappa shape index (κ1) is 27.1. The van der Waals surface area contributed by atoms with Crippen LogP contribution in [0.3, 0.4) is 0 Å². The Labute approximate surface area is 210 Å². The van der Waals surface area contributed by atoms with E-state index >= 15 is 0 Å². The zero-order chi connectivity index (χ0) is 26.6. The van der Waals surface area contributed by atoms with E-state index in [1.165, 1.54) is 22.9 Å². The van der Waals surface area contributed by atoms with Crippen molar-refractivity contribution >= 4 is 6.09 Å². The predicted octanol–water partition coefficient (Wildman–Crippen LogP) is 4.91. The number of rotatable bonds is 8. The molecule has 37 heavy (non-hydrogen) atoms. The minimum atomic E-state index is -4.80. The predicted molar refractivity (Wildman–Crippen MR) is 119 cm³/mol. The Morgan fingerprint density at radius 2 is 1.92 bits per heavy atom. The van der Waals surface area contributed by atoms with Crippen molar-refractivity contribution in [1.82, 2.24) is 14.7 Å². The molecular formula is C24H28F5N3O5. The summed E-state index contributed by atoms with van der Waals surface area (Å²) in [5.74, 6) is 0.606. The summed E-state index contributed by atoms with van der Waals surface area (Å²) < 4.78 is 88.6. The van der Waals surface area contributed by atoms with Crippen LogP contribution in [-0.4, -0.2) is 72.1 Å². The first-order valence-electron chi connectivity index (χ1n) is 11.8. The zero-order valence-electron chi connectivity index (χ0n) is 20.1. The normalized spacial score (nSPS) is 20.4. The van der Waals surface area contributed by atoms with Crippen LogP contribution in [0.1, 0.15) is 42.9 Å². The lowest BCUT2D eigenvalue weighted by molar-refractivity contribution is -0.220. The smallest absolute Gasteiger partial charge is 0.427 e. The van der Waals surface area contributed by atoms with Crippen molar-refractivity contribution < 1.29 is 45.7 Å². The van der Waals surface area contributed by atoms with Crippen LogP contribution in [0.15, 0.2) is 36.7 Å². The molecular weight excluding hydrogens is 505 g/mol. The largest absolute Gasteiger partial charge is 0.497 e. The summed E-state index contributed by atoms with van der Waals surface area (Å²) in [5, 5.41) is 4.00. The van der Waals surface area contributed by atoms with E-state index in [0.29, 0.717) is 30.6 Å². The number of likely N-dealkylation sites (tertiary alicyclic amines) is 1. The highest BCUT2D eigenvalue weighted by Crippen LogP contribution is 2.41. The molecule has 2 atom stereocenters. The summed E-state index contributed by atoms with van der Waals surface area (Å²) in [6.45, 7) is -0.368. The Bertz CT molecular complexity index is 1040. The van der Waals surface area contributed by atoms with Crippen LogP contribution < -0.4 is 4.74 Å². The van der Waals surface area contributed by atoms with Gasteiger partial charge in [0.05, 0.1) is 50.3 Å². The van der Waals surface area contributed by atoms with E-state index in [0.717, 1.165) is 6.20 Å². The maximum atomic E-state index is 13.5. The number of amides is 1. The van der Waals surface area contributed by atoms with Crippen molar-refractivity contribution in [2.45, 2.75) is 56.2 Å². The lowest BCUT2D eigenvalue weighted by atomic mass is 9.87. The molecule has 0 bridgehead atoms. The molecule has 2 aliphatic rings. The molecule has 1 amide bonds. The third-order valence-corrected chi connectivity index (χ3v) is 6.68. The van der Waals surface area contributed by atoms with Gasteiger partial charge in [-0.1, -0.05) is 12.1 Å². The van der Waals surface area contributed by atoms with Crippen molar-refractivity contribution in [2.24, 2.45) is 0 Å². The van der Waals surface area contributed by atoms with Crippen molar-refractivity contribution in [3.8, 4) is 5.75 Å². The molecule has 1 aromatic carbocycles. The van der Waals surface area contributed by atoms with Gasteiger partial charge < -0.3 is 23.8 Å². The molecule has 8 nitrogen and oxygen atoms in total. The van der Waals surface area contributed by atoms with Gasteiger partial charge in [-0.3, -0.25) is 4.68 Å². The number of hydrogen-bond donors (Lipinski definition) is 0. The number of hydrogen-bond acceptors (Lipinski definition) is 6. The number of ether oxygens (including phenoxy) is 4. The van der Waals surface area contributed by atoms with Gasteiger partial charge in [-0.2, -0.15) is 18.3 Å². The molecule has 13 heteroatoms. The Kier molecular flexibility index (Phi) is 8.22. The van der Waals surface area contributed by atoms with Crippen molar-refractivity contribution in [1.29, 1.82) is 0 Å². The topological polar surface area (TPSA) is 75.1 Å². The average molecular weight is 533 g/mol. The van der Waals surface area contributed by atoms with Gasteiger partial charge in [-0.05, 0) is 30.5 Å². The van der Waals surface area contributed by atoms with E-state index in [4.69, 9.17) is 18.9 Å². The molecule has 2 unspecified atom stereocenters. The molecule has 2 aromatic rings. The molecule has 1 spiro atoms. The van der Waals surface area contributed by atoms with Gasteiger partial charge in [0, 0.05) is 25.7 Å². The lowest BCUT2D eigenvalue weighted by Gasteiger charge is -2.38. The summed E-state index contributed by atoms with van der Waals surface area (Å²) in [4.78, 5) is 13.7. The number of benzene rings is 1. The number of carbonyl (C=O) groups is 1. The number of halogens is 5. The van der Waals surface area contributed by atoms with Gasteiger partial charge in [-0.15, -0.1) is 0 Å². The number of aromatic nitrogens is 2. The number of alkyl halides is 5. The maximum absolute atomic E-state index is 13.5. The Morgan fingerprint density at radius 3 is 2.51 bits per heavy atom. The van der Waals surface area contributed by atoms with E-state index < -0.39 is 37.0 Å². The molecule has 1 aromatic heterocycles.